The van der Waals surface area contributed by atoms with Crippen LogP contribution in [0, 0.1) is 13.8 Å². The van der Waals surface area contributed by atoms with E-state index in [9.17, 15) is 14.7 Å². The maximum absolute atomic E-state index is 12.9. The first-order valence-corrected chi connectivity index (χ1v) is 10.5. The van der Waals surface area contributed by atoms with Gasteiger partial charge in [-0.15, -0.1) is 0 Å². The van der Waals surface area contributed by atoms with E-state index in [4.69, 9.17) is 4.42 Å². The van der Waals surface area contributed by atoms with Crippen LogP contribution in [0.25, 0.3) is 5.76 Å². The minimum Gasteiger partial charge on any atom is -0.507 e. The summed E-state index contributed by atoms with van der Waals surface area (Å²) >= 11 is 0. The molecule has 6 nitrogen and oxygen atoms in total. The van der Waals surface area contributed by atoms with Crippen LogP contribution in [0.2, 0.25) is 0 Å². The Balaban J connectivity index is 1.99. The highest BCUT2D eigenvalue weighted by Gasteiger charge is 2.47. The van der Waals surface area contributed by atoms with Crippen LogP contribution in [0.5, 0.6) is 0 Å². The summed E-state index contributed by atoms with van der Waals surface area (Å²) in [7, 11) is 0. The standard InChI is InChI=1S/C24H30N2O4/c1-5-25(6-2)14-7-15-26-21(19-13-10-17(4)30-19)20(23(28)24(26)29)22(27)18-11-8-16(3)9-12-18/h8-13,21,27H,5-7,14-15H2,1-4H3/b22-20-. The molecular formula is C24H30N2O4. The molecule has 1 aliphatic heterocycles. The van der Waals surface area contributed by atoms with Crippen LogP contribution in [0.3, 0.4) is 0 Å². The van der Waals surface area contributed by atoms with Gasteiger partial charge >= 0.3 is 0 Å². The number of ketones is 1. The Labute approximate surface area is 177 Å². The van der Waals surface area contributed by atoms with Crippen molar-refractivity contribution in [3.05, 3.63) is 64.6 Å². The van der Waals surface area contributed by atoms with Gasteiger partial charge in [0.2, 0.25) is 0 Å². The highest BCUT2D eigenvalue weighted by molar-refractivity contribution is 6.46. The Morgan fingerprint density at radius 1 is 1.07 bits per heavy atom. The van der Waals surface area contributed by atoms with Crippen molar-refractivity contribution in [1.29, 1.82) is 0 Å². The van der Waals surface area contributed by atoms with Crippen molar-refractivity contribution >= 4 is 17.4 Å². The van der Waals surface area contributed by atoms with Crippen molar-refractivity contribution in [2.24, 2.45) is 0 Å². The molecule has 30 heavy (non-hydrogen) atoms. The quantitative estimate of drug-likeness (QED) is 0.404. The van der Waals surface area contributed by atoms with Gasteiger partial charge in [0.25, 0.3) is 11.7 Å². The number of aliphatic hydroxyl groups excluding tert-OH is 1. The van der Waals surface area contributed by atoms with Crippen molar-refractivity contribution in [3.8, 4) is 0 Å². The molecule has 2 aromatic rings. The number of aliphatic hydroxyl groups is 1. The van der Waals surface area contributed by atoms with E-state index in [0.29, 0.717) is 23.6 Å². The molecule has 0 spiro atoms. The van der Waals surface area contributed by atoms with Gasteiger partial charge in [-0.25, -0.2) is 0 Å². The molecule has 1 N–H and O–H groups in total. The second-order valence-corrected chi connectivity index (χ2v) is 7.69. The third-order valence-electron chi connectivity index (χ3n) is 5.66. The third kappa shape index (κ3) is 4.33. The molecule has 1 aliphatic rings. The molecule has 2 heterocycles. The van der Waals surface area contributed by atoms with Gasteiger partial charge in [-0.1, -0.05) is 43.7 Å². The molecule has 3 rings (SSSR count). The van der Waals surface area contributed by atoms with E-state index >= 15 is 0 Å². The number of furan rings is 1. The summed E-state index contributed by atoms with van der Waals surface area (Å²) in [6, 6.07) is 10.1. The normalized spacial score (nSPS) is 18.6. The predicted molar refractivity (Wildman–Crippen MR) is 116 cm³/mol. The van der Waals surface area contributed by atoms with Gasteiger partial charge in [0.15, 0.2) is 0 Å². The molecule has 0 saturated carbocycles. The van der Waals surface area contributed by atoms with Crippen LogP contribution in [-0.4, -0.2) is 52.8 Å². The van der Waals surface area contributed by atoms with E-state index in [1.165, 1.54) is 4.90 Å². The Bertz CT molecular complexity index is 938. The lowest BCUT2D eigenvalue weighted by molar-refractivity contribution is -0.140. The molecule has 1 amide bonds. The SMILES string of the molecule is CCN(CC)CCCN1C(=O)C(=O)/C(=C(\O)c2ccc(C)cc2)C1c1ccc(C)o1. The summed E-state index contributed by atoms with van der Waals surface area (Å²) in [4.78, 5) is 29.6. The summed E-state index contributed by atoms with van der Waals surface area (Å²) < 4.78 is 5.80. The summed E-state index contributed by atoms with van der Waals surface area (Å²) in [6.07, 6.45) is 0.732. The van der Waals surface area contributed by atoms with Gasteiger partial charge in [0, 0.05) is 12.1 Å². The highest BCUT2D eigenvalue weighted by Crippen LogP contribution is 2.40. The minimum atomic E-state index is -0.725. The topological polar surface area (TPSA) is 74.0 Å². The number of nitrogens with zero attached hydrogens (tertiary/aromatic N) is 2. The first-order chi connectivity index (χ1) is 14.4. The average molecular weight is 411 g/mol. The summed E-state index contributed by atoms with van der Waals surface area (Å²) in [5.74, 6) is -0.256. The van der Waals surface area contributed by atoms with Crippen molar-refractivity contribution < 1.29 is 19.1 Å². The molecule has 1 aromatic carbocycles. The number of carbonyl (C=O) groups excluding carboxylic acids is 2. The molecule has 1 fully saturated rings. The molecule has 1 atom stereocenters. The number of Topliss-reactive ketones (excluding diaryl/α,β-unsaturated/α-hetero) is 1. The number of aryl methyl sites for hydroxylation is 2. The zero-order valence-corrected chi connectivity index (χ0v) is 18.1. The van der Waals surface area contributed by atoms with E-state index < -0.39 is 17.7 Å². The van der Waals surface area contributed by atoms with Crippen molar-refractivity contribution in [3.63, 3.8) is 0 Å². The summed E-state index contributed by atoms with van der Waals surface area (Å²) in [6.45, 7) is 11.1. The fourth-order valence-corrected chi connectivity index (χ4v) is 3.88. The van der Waals surface area contributed by atoms with Crippen LogP contribution in [0.1, 0.15) is 49.0 Å². The van der Waals surface area contributed by atoms with Gasteiger partial charge in [-0.3, -0.25) is 9.59 Å². The van der Waals surface area contributed by atoms with E-state index in [1.54, 1.807) is 24.3 Å². The van der Waals surface area contributed by atoms with Crippen LogP contribution in [0.15, 0.2) is 46.4 Å². The number of benzene rings is 1. The Morgan fingerprint density at radius 2 is 1.73 bits per heavy atom. The van der Waals surface area contributed by atoms with E-state index in [1.807, 2.05) is 26.0 Å². The molecule has 0 bridgehead atoms. The van der Waals surface area contributed by atoms with Gasteiger partial charge in [0.05, 0.1) is 5.57 Å². The fourth-order valence-electron chi connectivity index (χ4n) is 3.88. The van der Waals surface area contributed by atoms with Gasteiger partial charge in [-0.05, 0) is 52.0 Å². The van der Waals surface area contributed by atoms with Gasteiger partial charge in [-0.2, -0.15) is 0 Å². The van der Waals surface area contributed by atoms with Crippen LogP contribution >= 0.6 is 0 Å². The van der Waals surface area contributed by atoms with Gasteiger partial charge in [0.1, 0.15) is 23.3 Å². The molecular weight excluding hydrogens is 380 g/mol. The molecule has 160 valence electrons. The van der Waals surface area contributed by atoms with E-state index in [0.717, 1.165) is 31.6 Å². The second kappa shape index (κ2) is 9.30. The molecule has 0 radical (unpaired) electrons. The molecule has 0 aliphatic carbocycles. The second-order valence-electron chi connectivity index (χ2n) is 7.69. The highest BCUT2D eigenvalue weighted by atomic mass is 16.3. The third-order valence-corrected chi connectivity index (χ3v) is 5.66. The number of hydrogen-bond donors (Lipinski definition) is 1. The van der Waals surface area contributed by atoms with Gasteiger partial charge < -0.3 is 19.3 Å². The number of hydrogen-bond acceptors (Lipinski definition) is 5. The monoisotopic (exact) mass is 410 g/mol. The smallest absolute Gasteiger partial charge is 0.295 e. The Hall–Kier alpha value is -2.86. The molecule has 1 saturated heterocycles. The average Bonchev–Trinajstić information content (AvgIpc) is 3.27. The lowest BCUT2D eigenvalue weighted by Crippen LogP contribution is -2.33. The minimum absolute atomic E-state index is 0.0843. The summed E-state index contributed by atoms with van der Waals surface area (Å²) in [5, 5.41) is 11.0. The van der Waals surface area contributed by atoms with Crippen LogP contribution < -0.4 is 0 Å². The predicted octanol–water partition coefficient (Wildman–Crippen LogP) is 4.05. The zero-order chi connectivity index (χ0) is 21.8. The van der Waals surface area contributed by atoms with Crippen LogP contribution in [-0.2, 0) is 9.59 Å². The fraction of sp³-hybridized carbons (Fsp3) is 0.417. The number of amides is 1. The first-order valence-electron chi connectivity index (χ1n) is 10.5. The van der Waals surface area contributed by atoms with E-state index in [2.05, 4.69) is 18.7 Å². The van der Waals surface area contributed by atoms with Crippen molar-refractivity contribution in [2.75, 3.05) is 26.2 Å². The van der Waals surface area contributed by atoms with Crippen LogP contribution in [0.4, 0.5) is 0 Å². The number of carbonyl (C=O) groups is 2. The maximum atomic E-state index is 12.9. The molecule has 1 aromatic heterocycles. The maximum Gasteiger partial charge on any atom is 0.295 e. The zero-order valence-electron chi connectivity index (χ0n) is 18.1. The van der Waals surface area contributed by atoms with Crippen molar-refractivity contribution in [1.82, 2.24) is 9.80 Å². The molecule has 1 unspecified atom stereocenters. The first kappa shape index (κ1) is 21.8. The lowest BCUT2D eigenvalue weighted by atomic mass is 9.99. The number of rotatable bonds is 8. The number of likely N-dealkylation sites (tertiary alicyclic amines) is 1. The van der Waals surface area contributed by atoms with Crippen molar-refractivity contribution in [2.45, 2.75) is 40.2 Å². The Kier molecular flexibility index (Phi) is 6.77. The van der Waals surface area contributed by atoms with E-state index in [-0.39, 0.29) is 11.3 Å². The summed E-state index contributed by atoms with van der Waals surface area (Å²) in [5.41, 5.74) is 1.64. The lowest BCUT2D eigenvalue weighted by Gasteiger charge is -2.25. The largest absolute Gasteiger partial charge is 0.507 e. The molecule has 6 heteroatoms. The Morgan fingerprint density at radius 3 is 2.30 bits per heavy atom.